The van der Waals surface area contributed by atoms with E-state index in [4.69, 9.17) is 19.9 Å². The van der Waals surface area contributed by atoms with E-state index in [1.165, 1.54) is 7.11 Å². The van der Waals surface area contributed by atoms with Crippen LogP contribution in [0, 0.1) is 5.92 Å². The van der Waals surface area contributed by atoms with Gasteiger partial charge in [-0.1, -0.05) is 13.0 Å². The van der Waals surface area contributed by atoms with E-state index >= 15 is 0 Å². The van der Waals surface area contributed by atoms with Crippen molar-refractivity contribution in [2.75, 3.05) is 20.3 Å². The second-order valence-electron chi connectivity index (χ2n) is 4.47. The van der Waals surface area contributed by atoms with Crippen molar-refractivity contribution < 1.29 is 19.0 Å². The van der Waals surface area contributed by atoms with Crippen molar-refractivity contribution in [1.82, 2.24) is 0 Å². The van der Waals surface area contributed by atoms with Gasteiger partial charge in [-0.2, -0.15) is 0 Å². The Morgan fingerprint density at radius 3 is 2.68 bits per heavy atom. The zero-order valence-corrected chi connectivity index (χ0v) is 11.2. The van der Waals surface area contributed by atoms with Crippen molar-refractivity contribution in [3.8, 4) is 11.5 Å². The predicted molar refractivity (Wildman–Crippen MR) is 70.2 cm³/mol. The number of carbonyl (C=O) groups is 1. The van der Waals surface area contributed by atoms with Crippen LogP contribution in [0.4, 0.5) is 0 Å². The maximum atomic E-state index is 11.7. The van der Waals surface area contributed by atoms with E-state index in [2.05, 4.69) is 0 Å². The monoisotopic (exact) mass is 265 g/mol. The lowest BCUT2D eigenvalue weighted by Crippen LogP contribution is -2.29. The molecule has 1 aliphatic rings. The predicted octanol–water partition coefficient (Wildman–Crippen LogP) is 1.66. The lowest BCUT2D eigenvalue weighted by atomic mass is 9.91. The highest BCUT2D eigenvalue weighted by atomic mass is 16.6. The molecule has 1 aromatic carbocycles. The van der Waals surface area contributed by atoms with Crippen molar-refractivity contribution in [1.29, 1.82) is 0 Å². The van der Waals surface area contributed by atoms with Crippen molar-refractivity contribution >= 4 is 5.97 Å². The fourth-order valence-electron chi connectivity index (χ4n) is 2.22. The van der Waals surface area contributed by atoms with Gasteiger partial charge < -0.3 is 19.9 Å². The van der Waals surface area contributed by atoms with Crippen LogP contribution in [0.5, 0.6) is 11.5 Å². The first-order valence-corrected chi connectivity index (χ1v) is 6.40. The lowest BCUT2D eigenvalue weighted by molar-refractivity contribution is -0.146. The molecule has 2 rings (SSSR count). The Morgan fingerprint density at radius 1 is 1.37 bits per heavy atom. The largest absolute Gasteiger partial charge is 0.486 e. The second kappa shape index (κ2) is 5.93. The van der Waals surface area contributed by atoms with Crippen LogP contribution in [0.25, 0.3) is 0 Å². The number of hydrogen-bond donors (Lipinski definition) is 1. The summed E-state index contributed by atoms with van der Waals surface area (Å²) in [7, 11) is 1.38. The molecule has 2 N–H and O–H groups in total. The zero-order valence-electron chi connectivity index (χ0n) is 11.2. The number of methoxy groups -OCH3 is 1. The molecule has 0 aliphatic carbocycles. The molecule has 0 amide bonds. The van der Waals surface area contributed by atoms with Crippen LogP contribution in [0.15, 0.2) is 18.2 Å². The Balaban J connectivity index is 2.23. The summed E-state index contributed by atoms with van der Waals surface area (Å²) in [6.07, 6.45) is 0.627. The minimum atomic E-state index is -0.409. The summed E-state index contributed by atoms with van der Waals surface area (Å²) >= 11 is 0. The Morgan fingerprint density at radius 2 is 2.05 bits per heavy atom. The maximum absolute atomic E-state index is 11.7. The summed E-state index contributed by atoms with van der Waals surface area (Å²) in [4.78, 5) is 11.7. The molecule has 104 valence electrons. The lowest BCUT2D eigenvalue weighted by Gasteiger charge is -2.23. The third kappa shape index (κ3) is 2.81. The number of ether oxygens (including phenoxy) is 3. The molecule has 2 atom stereocenters. The molecule has 0 saturated heterocycles. The van der Waals surface area contributed by atoms with Crippen LogP contribution >= 0.6 is 0 Å². The minimum Gasteiger partial charge on any atom is -0.486 e. The van der Waals surface area contributed by atoms with Gasteiger partial charge in [-0.15, -0.1) is 0 Å². The maximum Gasteiger partial charge on any atom is 0.310 e. The van der Waals surface area contributed by atoms with Gasteiger partial charge in [-0.3, -0.25) is 4.79 Å². The third-order valence-corrected chi connectivity index (χ3v) is 3.33. The smallest absolute Gasteiger partial charge is 0.310 e. The molecule has 1 aliphatic heterocycles. The quantitative estimate of drug-likeness (QED) is 0.838. The summed E-state index contributed by atoms with van der Waals surface area (Å²) in [6, 6.07) is 5.12. The zero-order chi connectivity index (χ0) is 13.8. The Kier molecular flexibility index (Phi) is 4.27. The molecule has 1 aromatic rings. The van der Waals surface area contributed by atoms with Gasteiger partial charge in [0.05, 0.1) is 13.0 Å². The number of rotatable bonds is 4. The highest BCUT2D eigenvalue weighted by Gasteiger charge is 2.27. The molecule has 19 heavy (non-hydrogen) atoms. The number of fused-ring (bicyclic) bond motifs is 1. The van der Waals surface area contributed by atoms with E-state index in [-0.39, 0.29) is 11.9 Å². The highest BCUT2D eigenvalue weighted by Crippen LogP contribution is 2.34. The Bertz CT molecular complexity index is 461. The van der Waals surface area contributed by atoms with Crippen molar-refractivity contribution in [2.45, 2.75) is 19.4 Å². The summed E-state index contributed by atoms with van der Waals surface area (Å²) in [5, 5.41) is 0. The van der Waals surface area contributed by atoms with Crippen LogP contribution in [-0.2, 0) is 9.53 Å². The van der Waals surface area contributed by atoms with E-state index in [1.54, 1.807) is 0 Å². The number of carbonyl (C=O) groups excluding carboxylic acids is 1. The van der Waals surface area contributed by atoms with Crippen LogP contribution < -0.4 is 15.2 Å². The molecular formula is C14H19NO4. The van der Waals surface area contributed by atoms with Crippen LogP contribution in [-0.4, -0.2) is 26.3 Å². The molecule has 0 radical (unpaired) electrons. The topological polar surface area (TPSA) is 70.8 Å². The Hall–Kier alpha value is -1.75. The molecule has 0 saturated carbocycles. The summed E-state index contributed by atoms with van der Waals surface area (Å²) in [5.74, 6) is 0.754. The molecule has 0 aromatic heterocycles. The molecule has 0 fully saturated rings. The molecule has 5 heteroatoms. The molecule has 2 unspecified atom stereocenters. The fourth-order valence-corrected chi connectivity index (χ4v) is 2.22. The Labute approximate surface area is 112 Å². The van der Waals surface area contributed by atoms with Crippen molar-refractivity contribution in [3.63, 3.8) is 0 Å². The fraction of sp³-hybridized carbons (Fsp3) is 0.500. The normalized spacial score (nSPS) is 16.6. The van der Waals surface area contributed by atoms with Gasteiger partial charge in [0.15, 0.2) is 11.5 Å². The van der Waals surface area contributed by atoms with Crippen LogP contribution in [0.2, 0.25) is 0 Å². The highest BCUT2D eigenvalue weighted by molar-refractivity contribution is 5.73. The van der Waals surface area contributed by atoms with E-state index in [9.17, 15) is 4.79 Å². The number of benzene rings is 1. The first-order chi connectivity index (χ1) is 9.17. The van der Waals surface area contributed by atoms with Crippen LogP contribution in [0.3, 0.4) is 0 Å². The van der Waals surface area contributed by atoms with Crippen LogP contribution in [0.1, 0.15) is 24.9 Å². The average molecular weight is 265 g/mol. The van der Waals surface area contributed by atoms with E-state index in [0.717, 1.165) is 5.56 Å². The molecule has 5 nitrogen and oxygen atoms in total. The minimum absolute atomic E-state index is 0.287. The standard InChI is InChI=1S/C14H19NO4/c1-3-10(14(16)17-2)13(15)9-4-5-11-12(8-9)19-7-6-18-11/h4-5,8,10,13H,3,6-7,15H2,1-2H3. The average Bonchev–Trinajstić information content (AvgIpc) is 2.47. The van der Waals surface area contributed by atoms with Gasteiger partial charge in [-0.05, 0) is 24.1 Å². The molecule has 0 bridgehead atoms. The first-order valence-electron chi connectivity index (χ1n) is 6.40. The summed E-state index contributed by atoms with van der Waals surface area (Å²) in [5.41, 5.74) is 7.01. The van der Waals surface area contributed by atoms with Gasteiger partial charge in [0, 0.05) is 6.04 Å². The third-order valence-electron chi connectivity index (χ3n) is 3.33. The summed E-state index contributed by atoms with van der Waals surface area (Å²) < 4.78 is 15.8. The second-order valence-corrected chi connectivity index (χ2v) is 4.47. The van der Waals surface area contributed by atoms with E-state index in [1.807, 2.05) is 25.1 Å². The van der Waals surface area contributed by atoms with Gasteiger partial charge >= 0.3 is 5.97 Å². The van der Waals surface area contributed by atoms with Crippen molar-refractivity contribution in [3.05, 3.63) is 23.8 Å². The van der Waals surface area contributed by atoms with Crippen molar-refractivity contribution in [2.24, 2.45) is 11.7 Å². The first kappa shape index (κ1) is 13.7. The molecular weight excluding hydrogens is 246 g/mol. The number of hydrogen-bond acceptors (Lipinski definition) is 5. The SMILES string of the molecule is CCC(C(=O)OC)C(N)c1ccc2c(c1)OCCO2. The van der Waals surface area contributed by atoms with E-state index < -0.39 is 6.04 Å². The number of nitrogens with two attached hydrogens (primary N) is 1. The summed E-state index contributed by atoms with van der Waals surface area (Å²) in [6.45, 7) is 3.00. The number of esters is 1. The molecule has 0 spiro atoms. The van der Waals surface area contributed by atoms with Gasteiger partial charge in [0.2, 0.25) is 0 Å². The van der Waals surface area contributed by atoms with Gasteiger partial charge in [-0.25, -0.2) is 0 Å². The van der Waals surface area contributed by atoms with Gasteiger partial charge in [0.25, 0.3) is 0 Å². The molecule has 1 heterocycles. The van der Waals surface area contributed by atoms with Gasteiger partial charge in [0.1, 0.15) is 13.2 Å². The van der Waals surface area contributed by atoms with E-state index in [0.29, 0.717) is 31.1 Å².